The summed E-state index contributed by atoms with van der Waals surface area (Å²) in [5.41, 5.74) is 6.35. The largest absolute Gasteiger partial charge is 0.334 e. The molecule has 1 aliphatic heterocycles. The Kier molecular flexibility index (Phi) is 6.38. The van der Waals surface area contributed by atoms with Crippen LogP contribution in [0.3, 0.4) is 0 Å². The van der Waals surface area contributed by atoms with Gasteiger partial charge in [0.05, 0.1) is 18.2 Å². The van der Waals surface area contributed by atoms with Crippen molar-refractivity contribution in [3.05, 3.63) is 112 Å². The Morgan fingerprint density at radius 2 is 1.61 bits per heavy atom. The van der Waals surface area contributed by atoms with Crippen LogP contribution < -0.4 is 5.32 Å². The van der Waals surface area contributed by atoms with Gasteiger partial charge in [-0.05, 0) is 49.1 Å². The maximum atomic E-state index is 13.4. The Bertz CT molecular complexity index is 1410. The number of carbonyl (C=O) groups is 1. The zero-order valence-electron chi connectivity index (χ0n) is 20.5. The minimum Gasteiger partial charge on any atom is -0.334 e. The summed E-state index contributed by atoms with van der Waals surface area (Å²) in [6, 6.07) is 21.5. The van der Waals surface area contributed by atoms with Crippen LogP contribution in [0, 0.1) is 12.7 Å². The summed E-state index contributed by atoms with van der Waals surface area (Å²) in [5.74, 6) is 0.508. The maximum absolute atomic E-state index is 13.4. The van der Waals surface area contributed by atoms with Gasteiger partial charge in [0, 0.05) is 11.3 Å². The molecule has 2 heterocycles. The second-order valence-corrected chi connectivity index (χ2v) is 8.98. The molecule has 0 saturated heterocycles. The van der Waals surface area contributed by atoms with Crippen molar-refractivity contribution in [3.63, 3.8) is 0 Å². The van der Waals surface area contributed by atoms with Crippen molar-refractivity contribution in [2.75, 3.05) is 0 Å². The van der Waals surface area contributed by atoms with Crippen LogP contribution in [0.15, 0.2) is 83.0 Å². The van der Waals surface area contributed by atoms with Gasteiger partial charge in [-0.25, -0.2) is 9.18 Å². The number of amides is 2. The lowest BCUT2D eigenvalue weighted by Gasteiger charge is -2.35. The molecule has 1 unspecified atom stereocenters. The molecule has 0 saturated carbocycles. The first-order chi connectivity index (χ1) is 17.4. The molecule has 5 rings (SSSR count). The van der Waals surface area contributed by atoms with E-state index in [2.05, 4.69) is 29.5 Å². The number of hydrogen-bond acceptors (Lipinski definition) is 4. The first kappa shape index (κ1) is 23.5. The van der Waals surface area contributed by atoms with E-state index in [0.717, 1.165) is 34.2 Å². The summed E-state index contributed by atoms with van der Waals surface area (Å²) in [5, 5.41) is 7.34. The molecule has 6 nitrogen and oxygen atoms in total. The van der Waals surface area contributed by atoms with Gasteiger partial charge in [0.2, 0.25) is 5.82 Å². The lowest BCUT2D eigenvalue weighted by atomic mass is 9.94. The summed E-state index contributed by atoms with van der Waals surface area (Å²) in [4.78, 5) is 19.6. The fourth-order valence-corrected chi connectivity index (χ4v) is 4.37. The molecule has 4 aromatic rings. The summed E-state index contributed by atoms with van der Waals surface area (Å²) in [6.07, 6.45) is 0.950. The molecule has 182 valence electrons. The highest BCUT2D eigenvalue weighted by Crippen LogP contribution is 2.38. The first-order valence-electron chi connectivity index (χ1n) is 12.0. The van der Waals surface area contributed by atoms with Crippen molar-refractivity contribution in [1.82, 2.24) is 20.4 Å². The average molecular weight is 483 g/mol. The van der Waals surface area contributed by atoms with E-state index in [1.807, 2.05) is 50.2 Å². The first-order valence-corrected chi connectivity index (χ1v) is 12.0. The Morgan fingerprint density at radius 1 is 0.944 bits per heavy atom. The van der Waals surface area contributed by atoms with E-state index in [1.54, 1.807) is 17.0 Å². The zero-order valence-corrected chi connectivity index (χ0v) is 20.5. The van der Waals surface area contributed by atoms with Gasteiger partial charge in [-0.2, -0.15) is 4.98 Å². The van der Waals surface area contributed by atoms with Crippen LogP contribution in [0.2, 0.25) is 0 Å². The topological polar surface area (TPSA) is 71.3 Å². The molecule has 1 N–H and O–H groups in total. The molecule has 2 amide bonds. The highest BCUT2D eigenvalue weighted by Gasteiger charge is 2.35. The van der Waals surface area contributed by atoms with Crippen LogP contribution >= 0.6 is 0 Å². The molecule has 1 aliphatic rings. The zero-order chi connectivity index (χ0) is 25.2. The van der Waals surface area contributed by atoms with Gasteiger partial charge < -0.3 is 9.84 Å². The average Bonchev–Trinajstić information content (AvgIpc) is 3.37. The number of halogens is 1. The van der Waals surface area contributed by atoms with Crippen LogP contribution in [0.25, 0.3) is 17.0 Å². The Hall–Kier alpha value is -4.26. The van der Waals surface area contributed by atoms with Crippen LogP contribution in [0.1, 0.15) is 48.0 Å². The standard InChI is InChI=1S/C29H27FN4O2/c1-4-20-7-13-23(14-8-20)27-32-28(36-33-27)25-19(3)34(17-21-9-15-24(30)16-10-21)29(35)31-26(25)22-11-5-18(2)6-12-22/h5-16,26H,4,17H2,1-3H3,(H,31,35). The molecule has 3 aromatic carbocycles. The van der Waals surface area contributed by atoms with E-state index >= 15 is 0 Å². The third-order valence-corrected chi connectivity index (χ3v) is 6.54. The number of aryl methyl sites for hydroxylation is 2. The number of urea groups is 1. The van der Waals surface area contributed by atoms with Crippen molar-refractivity contribution in [1.29, 1.82) is 0 Å². The van der Waals surface area contributed by atoms with Crippen molar-refractivity contribution in [2.45, 2.75) is 39.8 Å². The van der Waals surface area contributed by atoms with E-state index in [4.69, 9.17) is 9.51 Å². The van der Waals surface area contributed by atoms with E-state index in [1.165, 1.54) is 17.7 Å². The normalized spacial score (nSPS) is 15.8. The molecule has 1 atom stereocenters. The molecule has 0 aliphatic carbocycles. The smallest absolute Gasteiger partial charge is 0.322 e. The van der Waals surface area contributed by atoms with Gasteiger partial charge >= 0.3 is 6.03 Å². The highest BCUT2D eigenvalue weighted by molar-refractivity contribution is 5.86. The van der Waals surface area contributed by atoms with E-state index in [9.17, 15) is 9.18 Å². The Labute approximate surface area is 209 Å². The minimum atomic E-state index is -0.460. The Morgan fingerprint density at radius 3 is 2.28 bits per heavy atom. The molecule has 1 aromatic heterocycles. The molecule has 0 radical (unpaired) electrons. The monoisotopic (exact) mass is 482 g/mol. The minimum absolute atomic E-state index is 0.249. The fourth-order valence-electron chi connectivity index (χ4n) is 4.37. The third kappa shape index (κ3) is 4.64. The van der Waals surface area contributed by atoms with Crippen molar-refractivity contribution in [2.24, 2.45) is 0 Å². The number of rotatable bonds is 6. The van der Waals surface area contributed by atoms with Crippen LogP contribution in [0.4, 0.5) is 9.18 Å². The summed E-state index contributed by atoms with van der Waals surface area (Å²) < 4.78 is 19.2. The molecule has 36 heavy (non-hydrogen) atoms. The second kappa shape index (κ2) is 9.77. The van der Waals surface area contributed by atoms with Gasteiger partial charge in [-0.3, -0.25) is 4.90 Å². The number of nitrogens with one attached hydrogen (secondary N) is 1. The molecule has 7 heteroatoms. The van der Waals surface area contributed by atoms with Crippen molar-refractivity contribution < 1.29 is 13.7 Å². The van der Waals surface area contributed by atoms with Gasteiger partial charge in [-0.1, -0.05) is 78.3 Å². The lowest BCUT2D eigenvalue weighted by molar-refractivity contribution is 0.203. The van der Waals surface area contributed by atoms with E-state index in [-0.39, 0.29) is 18.4 Å². The number of hydrogen-bond donors (Lipinski definition) is 1. The van der Waals surface area contributed by atoms with Gasteiger partial charge in [0.1, 0.15) is 5.82 Å². The SMILES string of the molecule is CCc1ccc(-c2noc(C3=C(C)N(Cc4ccc(F)cc4)C(=O)NC3c3ccc(C)cc3)n2)cc1. The van der Waals surface area contributed by atoms with Gasteiger partial charge in [0.15, 0.2) is 0 Å². The molecular weight excluding hydrogens is 455 g/mol. The molecule has 0 bridgehead atoms. The van der Waals surface area contributed by atoms with Gasteiger partial charge in [-0.15, -0.1) is 0 Å². The predicted octanol–water partition coefficient (Wildman–Crippen LogP) is 6.44. The molecular formula is C29H27FN4O2. The third-order valence-electron chi connectivity index (χ3n) is 6.54. The van der Waals surface area contributed by atoms with Crippen LogP contribution in [0.5, 0.6) is 0 Å². The summed E-state index contributed by atoms with van der Waals surface area (Å²) in [6.45, 7) is 6.28. The second-order valence-electron chi connectivity index (χ2n) is 8.98. The van der Waals surface area contributed by atoms with Crippen molar-refractivity contribution >= 4 is 11.6 Å². The van der Waals surface area contributed by atoms with Crippen LogP contribution in [-0.2, 0) is 13.0 Å². The molecule has 0 spiro atoms. The quantitative estimate of drug-likeness (QED) is 0.343. The lowest BCUT2D eigenvalue weighted by Crippen LogP contribution is -2.45. The summed E-state index contributed by atoms with van der Waals surface area (Å²) >= 11 is 0. The number of allylic oxidation sites excluding steroid dienone is 1. The summed E-state index contributed by atoms with van der Waals surface area (Å²) in [7, 11) is 0. The molecule has 0 fully saturated rings. The Balaban J connectivity index is 1.57. The number of benzene rings is 3. The number of carbonyl (C=O) groups excluding carboxylic acids is 1. The van der Waals surface area contributed by atoms with Crippen molar-refractivity contribution in [3.8, 4) is 11.4 Å². The maximum Gasteiger partial charge on any atom is 0.322 e. The number of nitrogens with zero attached hydrogens (tertiary/aromatic N) is 3. The highest BCUT2D eigenvalue weighted by atomic mass is 19.1. The van der Waals surface area contributed by atoms with E-state index < -0.39 is 6.04 Å². The van der Waals surface area contributed by atoms with Crippen LogP contribution in [-0.4, -0.2) is 21.1 Å². The van der Waals surface area contributed by atoms with Gasteiger partial charge in [0.25, 0.3) is 5.89 Å². The fraction of sp³-hybridized carbons (Fsp3) is 0.207. The number of aromatic nitrogens is 2. The van der Waals surface area contributed by atoms with E-state index in [0.29, 0.717) is 17.4 Å². The predicted molar refractivity (Wildman–Crippen MR) is 136 cm³/mol.